The van der Waals surface area contributed by atoms with Crippen LogP contribution in [0.4, 0.5) is 0 Å². The van der Waals surface area contributed by atoms with E-state index < -0.39 is 24.5 Å². The first kappa shape index (κ1) is 29.1. The molecular formula is C22H44O6. The molecule has 1 atom stereocenters. The molecule has 0 spiro atoms. The van der Waals surface area contributed by atoms with Gasteiger partial charge < -0.3 is 20.4 Å². The van der Waals surface area contributed by atoms with Crippen LogP contribution in [0.2, 0.25) is 0 Å². The van der Waals surface area contributed by atoms with Gasteiger partial charge in [0.05, 0.1) is 6.42 Å². The lowest BCUT2D eigenvalue weighted by Crippen LogP contribution is -2.22. The van der Waals surface area contributed by atoms with Crippen LogP contribution < -0.4 is 0 Å². The molecule has 0 aromatic heterocycles. The van der Waals surface area contributed by atoms with E-state index in [-0.39, 0.29) is 0 Å². The summed E-state index contributed by atoms with van der Waals surface area (Å²) in [5, 5.41) is 32.8. The molecular weight excluding hydrogens is 360 g/mol. The topological polar surface area (TPSA) is 115 Å². The quantitative estimate of drug-likeness (QED) is 0.239. The Labute approximate surface area is 171 Å². The molecule has 6 heteroatoms. The average molecular weight is 405 g/mol. The molecule has 0 heterocycles. The summed E-state index contributed by atoms with van der Waals surface area (Å²) in [4.78, 5) is 19.4. The molecule has 0 aliphatic rings. The van der Waals surface area contributed by atoms with Crippen LogP contribution in [0.3, 0.4) is 0 Å². The van der Waals surface area contributed by atoms with Crippen molar-refractivity contribution in [3.05, 3.63) is 0 Å². The fourth-order valence-corrected chi connectivity index (χ4v) is 2.86. The molecule has 0 saturated carbocycles. The molecule has 0 radical (unpaired) electrons. The third-order valence-electron chi connectivity index (χ3n) is 4.59. The van der Waals surface area contributed by atoms with Gasteiger partial charge in [-0.05, 0) is 12.3 Å². The monoisotopic (exact) mass is 404 g/mol. The van der Waals surface area contributed by atoms with Gasteiger partial charge in [0.15, 0.2) is 6.10 Å². The summed E-state index contributed by atoms with van der Waals surface area (Å²) in [6.07, 6.45) is 16.7. The third kappa shape index (κ3) is 27.1. The van der Waals surface area contributed by atoms with E-state index in [9.17, 15) is 9.59 Å². The van der Waals surface area contributed by atoms with Crippen molar-refractivity contribution < 1.29 is 30.0 Å². The molecule has 0 amide bonds. The summed E-state index contributed by atoms with van der Waals surface area (Å²) < 4.78 is 0. The highest BCUT2D eigenvalue weighted by Gasteiger charge is 2.16. The van der Waals surface area contributed by atoms with Crippen LogP contribution in [0, 0.1) is 5.92 Å². The minimum Gasteiger partial charge on any atom is -0.481 e. The zero-order valence-electron chi connectivity index (χ0n) is 18.1. The van der Waals surface area contributed by atoms with E-state index in [2.05, 4.69) is 13.8 Å². The highest BCUT2D eigenvalue weighted by Crippen LogP contribution is 2.14. The van der Waals surface area contributed by atoms with Gasteiger partial charge in [-0.15, -0.1) is 0 Å². The standard InChI is InChI=1S/C18H38O.C4H6O5/c1-18(2)16-14-12-10-8-6-4-3-5-7-9-11-13-15-17-19;5-2(4(8)9)1-3(6)7/h18-19H,3-17H2,1-2H3;2,5H,1H2,(H,6,7)(H,8,9). The van der Waals surface area contributed by atoms with Crippen LogP contribution >= 0.6 is 0 Å². The number of hydrogen-bond donors (Lipinski definition) is 4. The Balaban J connectivity index is 0. The summed E-state index contributed by atoms with van der Waals surface area (Å²) in [5.41, 5.74) is 0. The van der Waals surface area contributed by atoms with Gasteiger partial charge in [0.25, 0.3) is 0 Å². The predicted octanol–water partition coefficient (Wildman–Crippen LogP) is 5.00. The van der Waals surface area contributed by atoms with E-state index in [1.54, 1.807) is 0 Å². The van der Waals surface area contributed by atoms with Crippen molar-refractivity contribution in [2.24, 2.45) is 5.92 Å². The number of unbranched alkanes of at least 4 members (excludes halogenated alkanes) is 12. The number of aliphatic carboxylic acids is 2. The first-order valence-electron chi connectivity index (χ1n) is 11.0. The van der Waals surface area contributed by atoms with Crippen molar-refractivity contribution in [1.29, 1.82) is 0 Å². The van der Waals surface area contributed by atoms with Gasteiger partial charge in [-0.3, -0.25) is 4.79 Å². The molecule has 0 fully saturated rings. The number of rotatable bonds is 18. The molecule has 0 aliphatic heterocycles. The van der Waals surface area contributed by atoms with Crippen LogP contribution in [0.1, 0.15) is 110 Å². The number of aliphatic hydroxyl groups excluding tert-OH is 2. The Kier molecular flexibility index (Phi) is 23.0. The highest BCUT2D eigenvalue weighted by molar-refractivity contribution is 5.79. The van der Waals surface area contributed by atoms with Crippen molar-refractivity contribution in [2.45, 2.75) is 116 Å². The van der Waals surface area contributed by atoms with E-state index in [1.807, 2.05) is 0 Å². The van der Waals surface area contributed by atoms with E-state index in [1.165, 1.54) is 83.5 Å². The molecule has 4 N–H and O–H groups in total. The van der Waals surface area contributed by atoms with Gasteiger partial charge in [-0.2, -0.15) is 0 Å². The van der Waals surface area contributed by atoms with Crippen molar-refractivity contribution in [3.8, 4) is 0 Å². The predicted molar refractivity (Wildman–Crippen MR) is 112 cm³/mol. The minimum absolute atomic E-state index is 0.372. The smallest absolute Gasteiger partial charge is 0.333 e. The maximum atomic E-state index is 9.72. The molecule has 0 aliphatic carbocycles. The maximum absolute atomic E-state index is 9.72. The summed E-state index contributed by atoms with van der Waals surface area (Å²) in [5.74, 6) is -1.96. The summed E-state index contributed by atoms with van der Waals surface area (Å²) in [6.45, 7) is 5.02. The normalized spacial score (nSPS) is 11.8. The van der Waals surface area contributed by atoms with Gasteiger partial charge in [-0.1, -0.05) is 97.3 Å². The lowest BCUT2D eigenvalue weighted by Gasteiger charge is -2.04. The van der Waals surface area contributed by atoms with Crippen molar-refractivity contribution in [3.63, 3.8) is 0 Å². The Morgan fingerprint density at radius 3 is 1.29 bits per heavy atom. The molecule has 1 unspecified atom stereocenters. The molecule has 0 aromatic carbocycles. The maximum Gasteiger partial charge on any atom is 0.333 e. The second kappa shape index (κ2) is 22.2. The van der Waals surface area contributed by atoms with Gasteiger partial charge in [-0.25, -0.2) is 4.79 Å². The number of aliphatic hydroxyl groups is 2. The largest absolute Gasteiger partial charge is 0.481 e. The average Bonchev–Trinajstić information content (AvgIpc) is 2.61. The highest BCUT2D eigenvalue weighted by atomic mass is 16.4. The molecule has 168 valence electrons. The zero-order chi connectivity index (χ0) is 21.6. The zero-order valence-corrected chi connectivity index (χ0v) is 18.1. The van der Waals surface area contributed by atoms with E-state index >= 15 is 0 Å². The number of hydrogen-bond acceptors (Lipinski definition) is 4. The Morgan fingerprint density at radius 2 is 1.04 bits per heavy atom. The van der Waals surface area contributed by atoms with Crippen LogP contribution in [-0.4, -0.2) is 45.1 Å². The summed E-state index contributed by atoms with van der Waals surface area (Å²) in [6, 6.07) is 0. The lowest BCUT2D eigenvalue weighted by atomic mass is 10.0. The van der Waals surface area contributed by atoms with Crippen molar-refractivity contribution >= 4 is 11.9 Å². The van der Waals surface area contributed by atoms with Crippen LogP contribution in [0.5, 0.6) is 0 Å². The third-order valence-corrected chi connectivity index (χ3v) is 4.59. The van der Waals surface area contributed by atoms with Gasteiger partial charge in [0, 0.05) is 6.61 Å². The van der Waals surface area contributed by atoms with Gasteiger partial charge in [0.2, 0.25) is 0 Å². The molecule has 28 heavy (non-hydrogen) atoms. The molecule has 0 aromatic rings. The van der Waals surface area contributed by atoms with Crippen molar-refractivity contribution in [1.82, 2.24) is 0 Å². The Hall–Kier alpha value is -1.14. The second-order valence-electron chi connectivity index (χ2n) is 7.95. The minimum atomic E-state index is -1.79. The molecule has 6 nitrogen and oxygen atoms in total. The van der Waals surface area contributed by atoms with Crippen LogP contribution in [-0.2, 0) is 9.59 Å². The van der Waals surface area contributed by atoms with Gasteiger partial charge in [0.1, 0.15) is 0 Å². The SMILES string of the molecule is CC(C)CCCCCCCCCCCCCCCO.O=C(O)CC(O)C(=O)O. The van der Waals surface area contributed by atoms with E-state index in [4.69, 9.17) is 20.4 Å². The van der Waals surface area contributed by atoms with E-state index in [0.717, 1.165) is 12.3 Å². The van der Waals surface area contributed by atoms with E-state index in [0.29, 0.717) is 6.61 Å². The number of carboxylic acid groups (broad SMARTS) is 2. The second-order valence-corrected chi connectivity index (χ2v) is 7.95. The molecule has 0 bridgehead atoms. The van der Waals surface area contributed by atoms with Crippen molar-refractivity contribution in [2.75, 3.05) is 6.61 Å². The number of carboxylic acids is 2. The van der Waals surface area contributed by atoms with Crippen LogP contribution in [0.25, 0.3) is 0 Å². The number of carbonyl (C=O) groups is 2. The lowest BCUT2D eigenvalue weighted by molar-refractivity contribution is -0.152. The molecule has 0 saturated heterocycles. The fraction of sp³-hybridized carbons (Fsp3) is 0.909. The molecule has 0 rings (SSSR count). The summed E-state index contributed by atoms with van der Waals surface area (Å²) >= 11 is 0. The summed E-state index contributed by atoms with van der Waals surface area (Å²) in [7, 11) is 0. The first-order valence-corrected chi connectivity index (χ1v) is 11.0. The first-order chi connectivity index (χ1) is 13.3. The van der Waals surface area contributed by atoms with Gasteiger partial charge >= 0.3 is 11.9 Å². The Morgan fingerprint density at radius 1 is 0.679 bits per heavy atom. The fourth-order valence-electron chi connectivity index (χ4n) is 2.86. The van der Waals surface area contributed by atoms with Crippen LogP contribution in [0.15, 0.2) is 0 Å². The Bertz CT molecular complexity index is 357.